The maximum absolute atomic E-state index is 11.2. The highest BCUT2D eigenvalue weighted by atomic mass is 35.5. The Kier molecular flexibility index (Phi) is 4.20. The lowest BCUT2D eigenvalue weighted by Gasteiger charge is -2.10. The average Bonchev–Trinajstić information content (AvgIpc) is 3.00. The number of methoxy groups -OCH3 is 1. The van der Waals surface area contributed by atoms with Crippen LogP contribution in [-0.2, 0) is 0 Å². The fraction of sp³-hybridized carbons (Fsp3) is 0.0625. The number of halogens is 1. The van der Waals surface area contributed by atoms with Crippen molar-refractivity contribution in [3.63, 3.8) is 0 Å². The zero-order valence-corrected chi connectivity index (χ0v) is 13.6. The second kappa shape index (κ2) is 6.33. The molecule has 2 aromatic carbocycles. The molecule has 0 fully saturated rings. The fourth-order valence-electron chi connectivity index (χ4n) is 2.49. The minimum atomic E-state index is -1.21. The maximum atomic E-state index is 11.2. The van der Waals surface area contributed by atoms with E-state index < -0.39 is 10.9 Å². The summed E-state index contributed by atoms with van der Waals surface area (Å²) in [4.78, 5) is 24.4. The zero-order valence-electron chi connectivity index (χ0n) is 12.9. The number of ether oxygens (including phenoxy) is 1. The second-order valence-electron chi connectivity index (χ2n) is 5.17. The molecule has 3 rings (SSSR count). The highest BCUT2D eigenvalue weighted by Gasteiger charge is 2.19. The van der Waals surface area contributed by atoms with Crippen molar-refractivity contribution in [2.45, 2.75) is 0 Å². The highest BCUT2D eigenvalue weighted by molar-refractivity contribution is 6.31. The minimum Gasteiger partial charge on any atom is -0.497 e. The molecule has 1 heterocycles. The van der Waals surface area contributed by atoms with Crippen molar-refractivity contribution in [3.8, 4) is 5.75 Å². The first kappa shape index (κ1) is 16.6. The van der Waals surface area contributed by atoms with E-state index in [0.29, 0.717) is 27.5 Å². The molecule has 0 atom stereocenters. The largest absolute Gasteiger partial charge is 0.497 e. The van der Waals surface area contributed by atoms with Gasteiger partial charge in [0.15, 0.2) is 0 Å². The molecule has 9 heteroatoms. The molecule has 0 aliphatic rings. The zero-order chi connectivity index (χ0) is 18.1. The summed E-state index contributed by atoms with van der Waals surface area (Å²) in [7, 11) is 1.50. The molecule has 0 saturated carbocycles. The molecule has 1 aromatic heterocycles. The van der Waals surface area contributed by atoms with Gasteiger partial charge in [0.2, 0.25) is 0 Å². The summed E-state index contributed by atoms with van der Waals surface area (Å²) in [5.41, 5.74) is 0.861. The van der Waals surface area contributed by atoms with Crippen LogP contribution in [0.3, 0.4) is 0 Å². The van der Waals surface area contributed by atoms with Crippen molar-refractivity contribution in [3.05, 3.63) is 57.2 Å². The number of rotatable bonds is 5. The first-order chi connectivity index (χ1) is 11.9. The number of non-ortho nitro benzene ring substituents is 1. The van der Waals surface area contributed by atoms with Crippen molar-refractivity contribution in [1.29, 1.82) is 0 Å². The number of H-pyrrole nitrogens is 1. The number of anilines is 2. The topological polar surface area (TPSA) is 117 Å². The van der Waals surface area contributed by atoms with Crippen molar-refractivity contribution in [2.75, 3.05) is 12.4 Å². The van der Waals surface area contributed by atoms with Crippen molar-refractivity contribution < 1.29 is 19.6 Å². The van der Waals surface area contributed by atoms with Crippen molar-refractivity contribution in [2.24, 2.45) is 0 Å². The third-order valence-corrected chi connectivity index (χ3v) is 3.80. The van der Waals surface area contributed by atoms with Gasteiger partial charge in [-0.25, -0.2) is 4.79 Å². The second-order valence-corrected chi connectivity index (χ2v) is 5.61. The summed E-state index contributed by atoms with van der Waals surface area (Å²) < 4.78 is 5.15. The number of fused-ring (bicyclic) bond motifs is 1. The van der Waals surface area contributed by atoms with Crippen LogP contribution in [0.25, 0.3) is 10.9 Å². The molecular formula is C16H12ClN3O5. The molecule has 0 aliphatic heterocycles. The van der Waals surface area contributed by atoms with E-state index in [4.69, 9.17) is 21.4 Å². The Morgan fingerprint density at radius 2 is 2.08 bits per heavy atom. The Morgan fingerprint density at radius 1 is 1.32 bits per heavy atom. The summed E-state index contributed by atoms with van der Waals surface area (Å²) in [6.07, 6.45) is 0. The molecule has 3 N–H and O–H groups in total. The van der Waals surface area contributed by atoms with E-state index in [0.717, 1.165) is 0 Å². The fourth-order valence-corrected chi connectivity index (χ4v) is 2.71. The number of carboxylic acid groups (broad SMARTS) is 1. The first-order valence-corrected chi connectivity index (χ1v) is 7.42. The minimum absolute atomic E-state index is 0.126. The van der Waals surface area contributed by atoms with Crippen LogP contribution >= 0.6 is 11.6 Å². The Bertz CT molecular complexity index is 999. The Balaban J connectivity index is 2.13. The number of benzene rings is 2. The van der Waals surface area contributed by atoms with Crippen LogP contribution < -0.4 is 10.1 Å². The number of aromatic nitrogens is 1. The Hall–Kier alpha value is -3.26. The number of carbonyl (C=O) groups is 1. The lowest BCUT2D eigenvalue weighted by molar-refractivity contribution is -0.383. The Morgan fingerprint density at radius 3 is 2.72 bits per heavy atom. The lowest BCUT2D eigenvalue weighted by Crippen LogP contribution is -1.96. The van der Waals surface area contributed by atoms with Gasteiger partial charge in [0.25, 0.3) is 5.69 Å². The first-order valence-electron chi connectivity index (χ1n) is 7.04. The van der Waals surface area contributed by atoms with E-state index in [2.05, 4.69) is 10.3 Å². The van der Waals surface area contributed by atoms with Crippen LogP contribution in [0.1, 0.15) is 10.5 Å². The van der Waals surface area contributed by atoms with E-state index in [1.807, 2.05) is 0 Å². The number of nitrogens with one attached hydrogen (secondary N) is 2. The molecular weight excluding hydrogens is 350 g/mol. The average molecular weight is 362 g/mol. The number of aromatic carboxylic acids is 1. The van der Waals surface area contributed by atoms with E-state index in [9.17, 15) is 14.9 Å². The predicted molar refractivity (Wildman–Crippen MR) is 93.2 cm³/mol. The van der Waals surface area contributed by atoms with Gasteiger partial charge < -0.3 is 20.1 Å². The SMILES string of the molecule is COc1cc(Cl)cc(Nc2ccc([N+](=O)[O-])c3[nH]c(C(=O)O)cc23)c1. The van der Waals surface area contributed by atoms with Gasteiger partial charge in [0, 0.05) is 33.9 Å². The molecule has 0 unspecified atom stereocenters. The van der Waals surface area contributed by atoms with E-state index >= 15 is 0 Å². The third kappa shape index (κ3) is 3.20. The summed E-state index contributed by atoms with van der Waals surface area (Å²) in [5, 5.41) is 24.2. The summed E-state index contributed by atoms with van der Waals surface area (Å²) in [6, 6.07) is 9.14. The molecule has 3 aromatic rings. The van der Waals surface area contributed by atoms with E-state index in [1.54, 1.807) is 18.2 Å². The molecule has 25 heavy (non-hydrogen) atoms. The molecule has 0 saturated heterocycles. The standard InChI is InChI=1S/C16H12ClN3O5/c1-25-10-5-8(17)4-9(6-10)18-12-2-3-14(20(23)24)15-11(12)7-13(19-15)16(21)22/h2-7,18-19H,1H3,(H,21,22). The van der Waals surface area contributed by atoms with Crippen molar-refractivity contribution in [1.82, 2.24) is 4.98 Å². The van der Waals surface area contributed by atoms with Gasteiger partial charge in [0.05, 0.1) is 12.0 Å². The lowest BCUT2D eigenvalue weighted by atomic mass is 10.1. The van der Waals surface area contributed by atoms with Gasteiger partial charge in [0.1, 0.15) is 17.0 Å². The molecule has 0 radical (unpaired) electrons. The number of carboxylic acids is 1. The van der Waals surface area contributed by atoms with E-state index in [-0.39, 0.29) is 16.9 Å². The van der Waals surface area contributed by atoms with Gasteiger partial charge in [-0.3, -0.25) is 10.1 Å². The molecule has 0 aliphatic carbocycles. The molecule has 0 amide bonds. The van der Waals surface area contributed by atoms with Crippen LogP contribution in [0.15, 0.2) is 36.4 Å². The normalized spacial score (nSPS) is 10.6. The van der Waals surface area contributed by atoms with Crippen LogP contribution in [0, 0.1) is 10.1 Å². The van der Waals surface area contributed by atoms with Gasteiger partial charge in [-0.15, -0.1) is 0 Å². The highest BCUT2D eigenvalue weighted by Crippen LogP contribution is 2.35. The van der Waals surface area contributed by atoms with Crippen molar-refractivity contribution >= 4 is 45.5 Å². The molecule has 0 spiro atoms. The molecule has 128 valence electrons. The maximum Gasteiger partial charge on any atom is 0.352 e. The summed E-state index contributed by atoms with van der Waals surface area (Å²) in [5.74, 6) is -0.672. The predicted octanol–water partition coefficient (Wildman–Crippen LogP) is 4.18. The van der Waals surface area contributed by atoms with Gasteiger partial charge in [-0.1, -0.05) is 11.6 Å². The third-order valence-electron chi connectivity index (χ3n) is 3.58. The number of nitro benzene ring substituents is 1. The molecule has 0 bridgehead atoms. The van der Waals surface area contributed by atoms with Gasteiger partial charge >= 0.3 is 5.97 Å². The summed E-state index contributed by atoms with van der Waals surface area (Å²) in [6.45, 7) is 0. The van der Waals surface area contributed by atoms with Crippen LogP contribution in [0.4, 0.5) is 17.1 Å². The quantitative estimate of drug-likeness (QED) is 0.463. The number of hydrogen-bond donors (Lipinski definition) is 3. The van der Waals surface area contributed by atoms with E-state index in [1.165, 1.54) is 25.3 Å². The van der Waals surface area contributed by atoms with Gasteiger partial charge in [-0.2, -0.15) is 0 Å². The van der Waals surface area contributed by atoms with Crippen LogP contribution in [0.2, 0.25) is 5.02 Å². The molecule has 8 nitrogen and oxygen atoms in total. The van der Waals surface area contributed by atoms with Gasteiger partial charge in [-0.05, 0) is 24.3 Å². The number of nitrogens with zero attached hydrogens (tertiary/aromatic N) is 1. The monoisotopic (exact) mass is 361 g/mol. The Labute approximate surface area is 146 Å². The number of hydrogen-bond acceptors (Lipinski definition) is 5. The van der Waals surface area contributed by atoms with Crippen LogP contribution in [-0.4, -0.2) is 28.1 Å². The van der Waals surface area contributed by atoms with Crippen LogP contribution in [0.5, 0.6) is 5.75 Å². The smallest absolute Gasteiger partial charge is 0.352 e. The number of aromatic amines is 1. The summed E-state index contributed by atoms with van der Waals surface area (Å²) >= 11 is 6.03. The number of nitro groups is 1.